The van der Waals surface area contributed by atoms with Crippen molar-refractivity contribution in [1.82, 2.24) is 25.1 Å². The Morgan fingerprint density at radius 2 is 2.40 bits per heavy atom. The van der Waals surface area contributed by atoms with Crippen LogP contribution in [-0.4, -0.2) is 28.8 Å². The van der Waals surface area contributed by atoms with Crippen LogP contribution in [0.2, 0.25) is 0 Å². The number of H-pyrrole nitrogens is 1. The van der Waals surface area contributed by atoms with Gasteiger partial charge in [-0.05, 0) is 6.07 Å². The molecule has 9 heteroatoms. The van der Waals surface area contributed by atoms with Crippen molar-refractivity contribution in [2.45, 2.75) is 11.6 Å². The summed E-state index contributed by atoms with van der Waals surface area (Å²) in [6.45, 7) is -0.0299. The maximum absolute atomic E-state index is 11.5. The van der Waals surface area contributed by atoms with E-state index in [0.29, 0.717) is 0 Å². The van der Waals surface area contributed by atoms with E-state index < -0.39 is 10.0 Å². The number of aromatic nitrogens is 4. The zero-order valence-corrected chi connectivity index (χ0v) is 8.23. The average Bonchev–Trinajstić information content (AvgIpc) is 2.88. The molecule has 0 aliphatic rings. The number of hydrogen-bond donors (Lipinski definition) is 2. The molecule has 2 aromatic heterocycles. The van der Waals surface area contributed by atoms with Crippen LogP contribution in [0.25, 0.3) is 0 Å². The Morgan fingerprint density at radius 3 is 3.00 bits per heavy atom. The number of hydrogen-bond acceptors (Lipinski definition) is 6. The molecule has 0 fully saturated rings. The second-order valence-corrected chi connectivity index (χ2v) is 4.33. The van der Waals surface area contributed by atoms with Crippen LogP contribution in [0.1, 0.15) is 5.82 Å². The molecule has 0 radical (unpaired) electrons. The molecule has 0 bridgehead atoms. The Bertz CT molecular complexity index is 503. The molecule has 2 N–H and O–H groups in total. The molecule has 0 amide bonds. The first kappa shape index (κ1) is 9.80. The summed E-state index contributed by atoms with van der Waals surface area (Å²) in [5, 5.41) is 9.34. The van der Waals surface area contributed by atoms with Crippen LogP contribution < -0.4 is 4.72 Å². The summed E-state index contributed by atoms with van der Waals surface area (Å²) in [5.41, 5.74) is 0. The van der Waals surface area contributed by atoms with Crippen LogP contribution in [0.5, 0.6) is 0 Å². The van der Waals surface area contributed by atoms with Crippen LogP contribution in [0, 0.1) is 0 Å². The summed E-state index contributed by atoms with van der Waals surface area (Å²) < 4.78 is 29.8. The third kappa shape index (κ3) is 2.19. The Morgan fingerprint density at radius 1 is 1.53 bits per heavy atom. The summed E-state index contributed by atoms with van der Waals surface area (Å²) in [6, 6.07) is 1.35. The minimum atomic E-state index is -3.58. The monoisotopic (exact) mass is 229 g/mol. The molecule has 0 saturated heterocycles. The number of nitrogens with one attached hydrogen (secondary N) is 2. The molecular formula is C6H7N5O3S. The van der Waals surface area contributed by atoms with Gasteiger partial charge in [0.15, 0.2) is 10.9 Å². The summed E-state index contributed by atoms with van der Waals surface area (Å²) in [4.78, 5) is 3.67. The van der Waals surface area contributed by atoms with Crippen LogP contribution >= 0.6 is 0 Å². The molecule has 0 spiro atoms. The zero-order chi connectivity index (χ0) is 10.7. The van der Waals surface area contributed by atoms with Crippen molar-refractivity contribution in [2.75, 3.05) is 0 Å². The molecule has 2 aromatic rings. The molecule has 8 nitrogen and oxygen atoms in total. The summed E-state index contributed by atoms with van der Waals surface area (Å²) in [6.07, 6.45) is 2.47. The quantitative estimate of drug-likeness (QED) is 0.714. The van der Waals surface area contributed by atoms with Crippen LogP contribution in [0.3, 0.4) is 0 Å². The maximum atomic E-state index is 11.5. The van der Waals surface area contributed by atoms with Crippen molar-refractivity contribution in [2.24, 2.45) is 0 Å². The topological polar surface area (TPSA) is 114 Å². The van der Waals surface area contributed by atoms with Crippen molar-refractivity contribution >= 4 is 10.0 Å². The van der Waals surface area contributed by atoms with Gasteiger partial charge in [-0.1, -0.05) is 5.16 Å². The standard InChI is InChI=1S/C6H7N5O3S/c12-15(13,6-1-2-8-10-6)9-3-5-7-4-14-11-5/h1-2,4,9H,3H2,(H,8,10). The van der Waals surface area contributed by atoms with Gasteiger partial charge in [0, 0.05) is 0 Å². The first-order chi connectivity index (χ1) is 7.18. The van der Waals surface area contributed by atoms with Crippen LogP contribution in [0.15, 0.2) is 28.2 Å². The van der Waals surface area contributed by atoms with Gasteiger partial charge in [0.25, 0.3) is 10.0 Å². The van der Waals surface area contributed by atoms with Crippen molar-refractivity contribution in [1.29, 1.82) is 0 Å². The van der Waals surface area contributed by atoms with Gasteiger partial charge in [0.05, 0.1) is 12.7 Å². The van der Waals surface area contributed by atoms with E-state index in [1.807, 2.05) is 0 Å². The number of rotatable bonds is 4. The second-order valence-electron chi connectivity index (χ2n) is 2.59. The summed E-state index contributed by atoms with van der Waals surface area (Å²) >= 11 is 0. The van der Waals surface area contributed by atoms with Gasteiger partial charge < -0.3 is 4.52 Å². The fourth-order valence-corrected chi connectivity index (χ4v) is 1.79. The smallest absolute Gasteiger partial charge is 0.257 e. The Hall–Kier alpha value is -1.74. The van der Waals surface area contributed by atoms with Crippen molar-refractivity contribution in [3.63, 3.8) is 0 Å². The molecule has 0 aromatic carbocycles. The van der Waals surface area contributed by atoms with E-state index in [1.54, 1.807) is 0 Å². The van der Waals surface area contributed by atoms with E-state index >= 15 is 0 Å². The van der Waals surface area contributed by atoms with Crippen LogP contribution in [-0.2, 0) is 16.6 Å². The van der Waals surface area contributed by atoms with Crippen molar-refractivity contribution in [3.05, 3.63) is 24.5 Å². The fourth-order valence-electron chi connectivity index (χ4n) is 0.900. The number of nitrogens with zero attached hydrogens (tertiary/aromatic N) is 3. The normalized spacial score (nSPS) is 11.7. The molecule has 0 aliphatic heterocycles. The number of sulfonamides is 1. The second kappa shape index (κ2) is 3.79. The van der Waals surface area contributed by atoms with Gasteiger partial charge in [0.2, 0.25) is 6.39 Å². The van der Waals surface area contributed by atoms with Gasteiger partial charge in [-0.2, -0.15) is 10.1 Å². The lowest BCUT2D eigenvalue weighted by Crippen LogP contribution is -2.24. The SMILES string of the molecule is O=S(=O)(NCc1ncon1)c1ccn[nH]1. The largest absolute Gasteiger partial charge is 0.343 e. The highest BCUT2D eigenvalue weighted by Crippen LogP contribution is 2.02. The lowest BCUT2D eigenvalue weighted by molar-refractivity contribution is 0.409. The Labute approximate surface area is 84.7 Å². The third-order valence-corrected chi connectivity index (χ3v) is 2.92. The van der Waals surface area contributed by atoms with Gasteiger partial charge in [-0.3, -0.25) is 5.10 Å². The molecule has 0 aliphatic carbocycles. The van der Waals surface area contributed by atoms with Gasteiger partial charge in [0.1, 0.15) is 0 Å². The molecule has 15 heavy (non-hydrogen) atoms. The van der Waals surface area contributed by atoms with Crippen molar-refractivity contribution < 1.29 is 12.9 Å². The first-order valence-electron chi connectivity index (χ1n) is 3.93. The molecule has 0 unspecified atom stereocenters. The van der Waals surface area contributed by atoms with E-state index in [0.717, 1.165) is 6.39 Å². The predicted molar refractivity (Wildman–Crippen MR) is 46.9 cm³/mol. The molecule has 0 saturated carbocycles. The van der Waals surface area contributed by atoms with Crippen LogP contribution in [0.4, 0.5) is 0 Å². The third-order valence-electron chi connectivity index (χ3n) is 1.59. The first-order valence-corrected chi connectivity index (χ1v) is 5.41. The Balaban J connectivity index is 2.06. The maximum Gasteiger partial charge on any atom is 0.257 e. The minimum Gasteiger partial charge on any atom is -0.343 e. The Kier molecular flexibility index (Phi) is 2.47. The average molecular weight is 229 g/mol. The van der Waals surface area contributed by atoms with E-state index in [2.05, 4.69) is 29.6 Å². The van der Waals surface area contributed by atoms with Gasteiger partial charge in [-0.15, -0.1) is 0 Å². The predicted octanol–water partition coefficient (Wildman–Crippen LogP) is -0.729. The van der Waals surface area contributed by atoms with Crippen molar-refractivity contribution in [3.8, 4) is 0 Å². The van der Waals surface area contributed by atoms with E-state index in [4.69, 9.17) is 0 Å². The number of aromatic amines is 1. The lowest BCUT2D eigenvalue weighted by atomic mass is 10.6. The minimum absolute atomic E-state index is 0.00834. The molecule has 2 rings (SSSR count). The summed E-state index contributed by atoms with van der Waals surface area (Å²) in [7, 11) is -3.58. The molecular weight excluding hydrogens is 222 g/mol. The highest BCUT2D eigenvalue weighted by atomic mass is 32.2. The van der Waals surface area contributed by atoms with Gasteiger partial charge >= 0.3 is 0 Å². The van der Waals surface area contributed by atoms with E-state index in [-0.39, 0.29) is 17.4 Å². The van der Waals surface area contributed by atoms with E-state index in [1.165, 1.54) is 12.3 Å². The molecule has 80 valence electrons. The highest BCUT2D eigenvalue weighted by Gasteiger charge is 2.15. The highest BCUT2D eigenvalue weighted by molar-refractivity contribution is 7.89. The fraction of sp³-hybridized carbons (Fsp3) is 0.167. The summed E-state index contributed by atoms with van der Waals surface area (Å²) in [5.74, 6) is 0.262. The zero-order valence-electron chi connectivity index (χ0n) is 7.41. The molecule has 0 atom stereocenters. The van der Waals surface area contributed by atoms with E-state index in [9.17, 15) is 8.42 Å². The van der Waals surface area contributed by atoms with Gasteiger partial charge in [-0.25, -0.2) is 13.1 Å². The molecule has 2 heterocycles. The lowest BCUT2D eigenvalue weighted by Gasteiger charge is -2.00.